The molecule has 0 saturated carbocycles. The van der Waals surface area contributed by atoms with Crippen molar-refractivity contribution in [2.75, 3.05) is 48.6 Å². The van der Waals surface area contributed by atoms with Crippen molar-refractivity contribution >= 4 is 5.97 Å². The van der Waals surface area contributed by atoms with Gasteiger partial charge in [-0.1, -0.05) is 12.1 Å². The lowest BCUT2D eigenvalue weighted by atomic mass is 9.90. The summed E-state index contributed by atoms with van der Waals surface area (Å²) in [5.41, 5.74) is 1.83. The van der Waals surface area contributed by atoms with Crippen LogP contribution in [-0.2, 0) is 4.79 Å². The van der Waals surface area contributed by atoms with Gasteiger partial charge in [0, 0.05) is 5.56 Å². The predicted octanol–water partition coefficient (Wildman–Crippen LogP) is 3.62. The van der Waals surface area contributed by atoms with Crippen LogP contribution in [0.1, 0.15) is 30.0 Å². The topological polar surface area (TPSA) is 86.7 Å². The number of para-hydroxylation sites is 1. The van der Waals surface area contributed by atoms with Gasteiger partial charge in [-0.3, -0.25) is 9.69 Å². The van der Waals surface area contributed by atoms with Gasteiger partial charge in [-0.15, -0.1) is 0 Å². The quantitative estimate of drug-likeness (QED) is 0.626. The van der Waals surface area contributed by atoms with E-state index in [-0.39, 0.29) is 12.0 Å². The molecule has 0 amide bonds. The number of carboxylic acid groups (broad SMARTS) is 1. The Morgan fingerprint density at radius 2 is 1.44 bits per heavy atom. The van der Waals surface area contributed by atoms with E-state index in [0.717, 1.165) is 11.1 Å². The molecule has 0 radical (unpaired) electrons. The van der Waals surface area contributed by atoms with E-state index in [1.807, 2.05) is 30.3 Å². The van der Waals surface area contributed by atoms with E-state index in [9.17, 15) is 9.90 Å². The summed E-state index contributed by atoms with van der Waals surface area (Å²) >= 11 is 0. The maximum absolute atomic E-state index is 11.5. The van der Waals surface area contributed by atoms with Crippen LogP contribution >= 0.6 is 0 Å². The van der Waals surface area contributed by atoms with E-state index >= 15 is 0 Å². The minimum absolute atomic E-state index is 0.233. The number of nitrogens with zero attached hydrogens (tertiary/aromatic N) is 1. The van der Waals surface area contributed by atoms with Crippen molar-refractivity contribution in [1.29, 1.82) is 0 Å². The van der Waals surface area contributed by atoms with Crippen molar-refractivity contribution in [1.82, 2.24) is 4.90 Å². The molecular formula is C24H31NO7. The summed E-state index contributed by atoms with van der Waals surface area (Å²) in [6.45, 7) is 1.25. The van der Waals surface area contributed by atoms with Crippen LogP contribution in [-0.4, -0.2) is 64.6 Å². The van der Waals surface area contributed by atoms with Crippen molar-refractivity contribution in [3.05, 3.63) is 41.5 Å². The number of likely N-dealkylation sites (tertiary alicyclic amines) is 1. The monoisotopic (exact) mass is 445 g/mol. The van der Waals surface area contributed by atoms with E-state index in [2.05, 4.69) is 4.90 Å². The Balaban J connectivity index is 2.16. The van der Waals surface area contributed by atoms with Gasteiger partial charge >= 0.3 is 5.97 Å². The van der Waals surface area contributed by atoms with Gasteiger partial charge < -0.3 is 28.8 Å². The van der Waals surface area contributed by atoms with Crippen LogP contribution in [0.3, 0.4) is 0 Å². The fraction of sp³-hybridized carbons (Fsp3) is 0.458. The van der Waals surface area contributed by atoms with Gasteiger partial charge in [0.1, 0.15) is 0 Å². The molecule has 8 nitrogen and oxygen atoms in total. The molecular weight excluding hydrogens is 414 g/mol. The Kier molecular flexibility index (Phi) is 7.69. The van der Waals surface area contributed by atoms with Gasteiger partial charge in [0.05, 0.1) is 47.5 Å². The smallest absolute Gasteiger partial charge is 0.306 e. The molecule has 1 N–H and O–H groups in total. The molecule has 1 saturated heterocycles. The van der Waals surface area contributed by atoms with Crippen molar-refractivity contribution in [2.45, 2.75) is 18.9 Å². The number of ether oxygens (including phenoxy) is 5. The SMILES string of the molecule is COc1cc(C(c2cccc(OC)c2OC)N2CCC(C(=O)O)CC2)cc(OC)c1OC. The van der Waals surface area contributed by atoms with Crippen molar-refractivity contribution < 1.29 is 33.6 Å². The Bertz CT molecular complexity index is 913. The number of methoxy groups -OCH3 is 5. The number of hydrogen-bond acceptors (Lipinski definition) is 7. The Labute approximate surface area is 188 Å². The van der Waals surface area contributed by atoms with Gasteiger partial charge in [0.2, 0.25) is 5.75 Å². The zero-order valence-electron chi connectivity index (χ0n) is 19.2. The van der Waals surface area contributed by atoms with Crippen LogP contribution in [0.2, 0.25) is 0 Å². The third kappa shape index (κ3) is 4.55. The molecule has 3 rings (SSSR count). The minimum Gasteiger partial charge on any atom is -0.493 e. The number of benzene rings is 2. The third-order valence-corrected chi connectivity index (χ3v) is 5.97. The van der Waals surface area contributed by atoms with Gasteiger partial charge in [0.25, 0.3) is 0 Å². The normalized spacial score (nSPS) is 15.7. The second kappa shape index (κ2) is 10.5. The van der Waals surface area contributed by atoms with Gasteiger partial charge in [-0.25, -0.2) is 0 Å². The maximum atomic E-state index is 11.5. The number of piperidine rings is 1. The molecule has 8 heteroatoms. The van der Waals surface area contributed by atoms with E-state index in [0.29, 0.717) is 54.7 Å². The van der Waals surface area contributed by atoms with Crippen molar-refractivity contribution in [2.24, 2.45) is 5.92 Å². The van der Waals surface area contributed by atoms with Gasteiger partial charge in [-0.05, 0) is 49.7 Å². The van der Waals surface area contributed by atoms with Crippen molar-refractivity contribution in [3.8, 4) is 28.7 Å². The largest absolute Gasteiger partial charge is 0.493 e. The van der Waals surface area contributed by atoms with E-state index in [1.165, 1.54) is 0 Å². The molecule has 1 aliphatic heterocycles. The Morgan fingerprint density at radius 3 is 1.91 bits per heavy atom. The first-order valence-corrected chi connectivity index (χ1v) is 10.5. The highest BCUT2D eigenvalue weighted by atomic mass is 16.5. The van der Waals surface area contributed by atoms with Crippen LogP contribution in [0.25, 0.3) is 0 Å². The van der Waals surface area contributed by atoms with E-state index < -0.39 is 5.97 Å². The molecule has 0 aliphatic carbocycles. The molecule has 1 aliphatic rings. The molecule has 0 spiro atoms. The lowest BCUT2D eigenvalue weighted by molar-refractivity contribution is -0.143. The van der Waals surface area contributed by atoms with Crippen LogP contribution in [0.5, 0.6) is 28.7 Å². The first-order valence-electron chi connectivity index (χ1n) is 10.5. The first kappa shape index (κ1) is 23.5. The zero-order valence-corrected chi connectivity index (χ0v) is 19.2. The lowest BCUT2D eigenvalue weighted by Gasteiger charge is -2.38. The van der Waals surface area contributed by atoms with E-state index in [4.69, 9.17) is 23.7 Å². The molecule has 174 valence electrons. The second-order valence-corrected chi connectivity index (χ2v) is 7.59. The van der Waals surface area contributed by atoms with Crippen LogP contribution in [0.4, 0.5) is 0 Å². The Hall–Kier alpha value is -3.13. The molecule has 1 fully saturated rings. The van der Waals surface area contributed by atoms with Gasteiger partial charge in [0.15, 0.2) is 23.0 Å². The molecule has 2 aromatic rings. The summed E-state index contributed by atoms with van der Waals surface area (Å²) in [5, 5.41) is 9.44. The average Bonchev–Trinajstić information content (AvgIpc) is 2.83. The summed E-state index contributed by atoms with van der Waals surface area (Å²) in [7, 11) is 7.96. The van der Waals surface area contributed by atoms with Crippen molar-refractivity contribution in [3.63, 3.8) is 0 Å². The molecule has 0 bridgehead atoms. The second-order valence-electron chi connectivity index (χ2n) is 7.59. The number of carbonyl (C=O) groups is 1. The summed E-state index contributed by atoms with van der Waals surface area (Å²) < 4.78 is 27.9. The fourth-order valence-electron chi connectivity index (χ4n) is 4.38. The molecule has 0 aromatic heterocycles. The zero-order chi connectivity index (χ0) is 23.3. The van der Waals surface area contributed by atoms with E-state index in [1.54, 1.807) is 35.5 Å². The molecule has 1 unspecified atom stereocenters. The number of carboxylic acids is 1. The molecule has 1 heterocycles. The summed E-state index contributed by atoms with van der Waals surface area (Å²) in [6.07, 6.45) is 1.14. The molecule has 2 aromatic carbocycles. The minimum atomic E-state index is -0.743. The standard InChI is InChI=1S/C24H31NO7/c1-28-18-8-6-7-17(22(18)31-4)21(25-11-9-15(10-12-25)24(26)27)16-13-19(29-2)23(32-5)20(14-16)30-3/h6-8,13-15,21H,9-12H2,1-5H3,(H,26,27). The highest BCUT2D eigenvalue weighted by Crippen LogP contribution is 2.46. The average molecular weight is 446 g/mol. The lowest BCUT2D eigenvalue weighted by Crippen LogP contribution is -2.39. The molecule has 1 atom stereocenters. The summed E-state index contributed by atoms with van der Waals surface area (Å²) in [5.74, 6) is 1.80. The Morgan fingerprint density at radius 1 is 0.875 bits per heavy atom. The highest BCUT2D eigenvalue weighted by molar-refractivity contribution is 5.70. The number of hydrogen-bond donors (Lipinski definition) is 1. The van der Waals surface area contributed by atoms with Gasteiger partial charge in [-0.2, -0.15) is 0 Å². The third-order valence-electron chi connectivity index (χ3n) is 5.97. The fourth-order valence-corrected chi connectivity index (χ4v) is 4.38. The van der Waals surface area contributed by atoms with Crippen LogP contribution in [0.15, 0.2) is 30.3 Å². The predicted molar refractivity (Wildman–Crippen MR) is 119 cm³/mol. The molecule has 32 heavy (non-hydrogen) atoms. The van der Waals surface area contributed by atoms with Crippen LogP contribution < -0.4 is 23.7 Å². The number of rotatable bonds is 9. The summed E-state index contributed by atoms with van der Waals surface area (Å²) in [6, 6.07) is 9.39. The summed E-state index contributed by atoms with van der Waals surface area (Å²) in [4.78, 5) is 13.8. The number of aliphatic carboxylic acids is 1. The maximum Gasteiger partial charge on any atom is 0.306 e. The van der Waals surface area contributed by atoms with Crippen LogP contribution in [0, 0.1) is 5.92 Å². The highest BCUT2D eigenvalue weighted by Gasteiger charge is 2.33. The first-order chi connectivity index (χ1) is 15.5.